The highest BCUT2D eigenvalue weighted by atomic mass is 32.3. The van der Waals surface area contributed by atoms with Crippen molar-refractivity contribution in [2.45, 2.75) is 48.8 Å². The molecule has 4 rings (SSSR count). The van der Waals surface area contributed by atoms with Crippen molar-refractivity contribution >= 4 is 64.8 Å². The van der Waals surface area contributed by atoms with Gasteiger partial charge in [0, 0.05) is 6.42 Å². The van der Waals surface area contributed by atoms with E-state index in [1.807, 2.05) is 6.92 Å². The monoisotopic (exact) mass is 730 g/mol. The van der Waals surface area contributed by atoms with E-state index in [0.29, 0.717) is 5.75 Å². The molecular weight excluding hydrogens is 701 g/mol. The first-order valence-corrected chi connectivity index (χ1v) is 18.7. The molecule has 0 radical (unpaired) electrons. The van der Waals surface area contributed by atoms with Crippen molar-refractivity contribution < 1.29 is 61.9 Å². The first-order valence-electron chi connectivity index (χ1n) is 12.7. The second-order valence-corrected chi connectivity index (χ2v) is 15.8. The van der Waals surface area contributed by atoms with Crippen LogP contribution in [0.3, 0.4) is 0 Å². The van der Waals surface area contributed by atoms with Gasteiger partial charge in [0.05, 0.1) is 17.5 Å². The molecule has 1 saturated heterocycles. The number of fused-ring (bicyclic) bond motifs is 1. The Morgan fingerprint density at radius 3 is 2.35 bits per heavy atom. The number of rotatable bonds is 12. The van der Waals surface area contributed by atoms with Crippen LogP contribution >= 0.6 is 0 Å². The molecule has 0 bridgehead atoms. The average molecular weight is 731 g/mol. The van der Waals surface area contributed by atoms with E-state index in [-0.39, 0.29) is 34.1 Å². The number of anilines is 1. The van der Waals surface area contributed by atoms with Crippen LogP contribution in [0.4, 0.5) is 5.82 Å². The molecule has 2 aromatic heterocycles. The summed E-state index contributed by atoms with van der Waals surface area (Å²) in [5.74, 6) is -0.750. The third-order valence-corrected chi connectivity index (χ3v) is 10.7. The Balaban J connectivity index is 0.000000441. The first kappa shape index (κ1) is 37.4. The molecule has 1 fully saturated rings. The highest BCUT2D eigenvalue weighted by Gasteiger charge is 2.51. The van der Waals surface area contributed by atoms with Crippen LogP contribution in [-0.2, 0) is 59.2 Å². The number of aryl methyl sites for hydroxylation is 1. The highest BCUT2D eigenvalue weighted by Crippen LogP contribution is 2.35. The van der Waals surface area contributed by atoms with Crippen molar-refractivity contribution in [2.24, 2.45) is 5.73 Å². The number of aromatic nitrogens is 4. The Kier molecular flexibility index (Phi) is 12.0. The minimum atomic E-state index is -5.45. The predicted molar refractivity (Wildman–Crippen MR) is 158 cm³/mol. The van der Waals surface area contributed by atoms with Crippen molar-refractivity contribution in [1.29, 1.82) is 0 Å². The predicted octanol–water partition coefficient (Wildman–Crippen LogP) is -1.93. The summed E-state index contributed by atoms with van der Waals surface area (Å²) in [7, 11) is -15.7. The quantitative estimate of drug-likeness (QED) is 0.1000. The molecule has 24 heteroatoms. The molecule has 256 valence electrons. The topological polar surface area (TPSA) is 327 Å². The number of carbonyl (C=O) groups is 1. The fraction of sp³-hybridized carbons (Fsp3) is 0.455. The van der Waals surface area contributed by atoms with E-state index in [9.17, 15) is 39.7 Å². The van der Waals surface area contributed by atoms with Crippen LogP contribution in [0.1, 0.15) is 18.2 Å². The second kappa shape index (κ2) is 14.8. The maximum absolute atomic E-state index is 12.0. The van der Waals surface area contributed by atoms with Gasteiger partial charge in [0.1, 0.15) is 57.8 Å². The molecule has 20 nitrogen and oxygen atoms in total. The summed E-state index contributed by atoms with van der Waals surface area (Å²) in [6.07, 6.45) is -1.64. The van der Waals surface area contributed by atoms with E-state index in [1.165, 1.54) is 23.0 Å². The van der Waals surface area contributed by atoms with Gasteiger partial charge in [-0.3, -0.25) is 13.9 Å². The number of carboxylic acids is 1. The number of imidazole rings is 1. The van der Waals surface area contributed by atoms with Crippen molar-refractivity contribution in [2.75, 3.05) is 23.5 Å². The summed E-state index contributed by atoms with van der Waals surface area (Å²) in [6, 6.07) is 4.68. The number of aliphatic hydroxyl groups excluding tert-OH is 1. The van der Waals surface area contributed by atoms with Crippen molar-refractivity contribution in [3.8, 4) is 0 Å². The van der Waals surface area contributed by atoms with Gasteiger partial charge in [-0.05, 0) is 30.0 Å². The Hall–Kier alpha value is -3.04. The summed E-state index contributed by atoms with van der Waals surface area (Å²) >= 11 is 0. The molecule has 1 aliphatic rings. The minimum absolute atomic E-state index is 0.0413. The van der Waals surface area contributed by atoms with Crippen molar-refractivity contribution in [3.63, 3.8) is 0 Å². The molecule has 0 amide bonds. The third kappa shape index (κ3) is 10.2. The minimum Gasteiger partial charge on any atom is -0.744 e. The molecule has 1 aliphatic heterocycles. The van der Waals surface area contributed by atoms with Gasteiger partial charge in [-0.25, -0.2) is 27.6 Å². The second-order valence-electron chi connectivity index (χ2n) is 9.76. The Labute approximate surface area is 266 Å². The van der Waals surface area contributed by atoms with Crippen LogP contribution in [0.15, 0.2) is 41.8 Å². The van der Waals surface area contributed by atoms with Crippen LogP contribution in [-0.4, -0.2) is 112 Å². The molecule has 6 unspecified atom stereocenters. The standard InChI is InChI=1S/C15H22N6O11S3.C7H8O3S/c1-33(3-2-7(16)15(23)24)4-8-11(31-35(28,29)32-34(25,26)27)10(22)14(30-8)21-6-20-9-12(17)18-5-19-13(9)21;1-6-2-4-7(5-3-6)11(8,9)10/h5-8,10-11,14,22H,2-4,16H2,1H3,(H3-,17,18,19,23,24,25,26,27);2-5H,1H3,(H,8,9,10). The Morgan fingerprint density at radius 2 is 1.78 bits per heavy atom. The van der Waals surface area contributed by atoms with Gasteiger partial charge in [-0.15, -0.1) is 3.63 Å². The fourth-order valence-electron chi connectivity index (χ4n) is 4.04. The lowest BCUT2D eigenvalue weighted by atomic mass is 10.1. The Bertz CT molecular complexity index is 1850. The van der Waals surface area contributed by atoms with E-state index in [2.05, 4.69) is 18.6 Å². The molecule has 0 saturated carbocycles. The Morgan fingerprint density at radius 1 is 1.15 bits per heavy atom. The average Bonchev–Trinajstić information content (AvgIpc) is 3.47. The number of nitrogens with two attached hydrogens (primary N) is 2. The molecule has 1 aromatic carbocycles. The summed E-state index contributed by atoms with van der Waals surface area (Å²) in [5, 5.41) is 19.8. The van der Waals surface area contributed by atoms with E-state index < -0.39 is 78.4 Å². The zero-order valence-corrected chi connectivity index (χ0v) is 27.1. The van der Waals surface area contributed by atoms with Gasteiger partial charge in [0.15, 0.2) is 17.7 Å². The highest BCUT2D eigenvalue weighted by molar-refractivity contribution is 7.96. The van der Waals surface area contributed by atoms with Gasteiger partial charge >= 0.3 is 26.8 Å². The normalized spacial score (nSPS) is 21.8. The van der Waals surface area contributed by atoms with E-state index >= 15 is 0 Å². The number of aliphatic hydroxyl groups is 1. The van der Waals surface area contributed by atoms with E-state index in [0.717, 1.165) is 11.9 Å². The number of ether oxygens (including phenoxy) is 1. The van der Waals surface area contributed by atoms with Crippen molar-refractivity contribution in [1.82, 2.24) is 19.5 Å². The number of nitrogens with zero attached hydrogens (tertiary/aromatic N) is 4. The SMILES string of the molecule is C[S+](CCC(N)C(=O)O)CC1OC(n2cnc3c(N)ncnc32)C(O)C1OS(=O)(=O)OS(=O)(=O)O.Cc1ccc(S(=O)(=O)[O-])cc1. The number of carboxylic acid groups (broad SMARTS) is 1. The molecule has 6 atom stereocenters. The summed E-state index contributed by atoms with van der Waals surface area (Å²) < 4.78 is 101. The fourth-order valence-corrected chi connectivity index (χ4v) is 7.64. The summed E-state index contributed by atoms with van der Waals surface area (Å²) in [4.78, 5) is 22.7. The molecule has 0 spiro atoms. The zero-order valence-electron chi connectivity index (χ0n) is 23.9. The zero-order chi connectivity index (χ0) is 34.6. The van der Waals surface area contributed by atoms with Crippen LogP contribution in [0, 0.1) is 6.92 Å². The smallest absolute Gasteiger partial charge is 0.416 e. The molecule has 0 aliphatic carbocycles. The van der Waals surface area contributed by atoms with Crippen LogP contribution in [0.5, 0.6) is 0 Å². The summed E-state index contributed by atoms with van der Waals surface area (Å²) in [6.45, 7) is 1.82. The number of hydrogen-bond acceptors (Lipinski definition) is 17. The number of aliphatic carboxylic acids is 1. The van der Waals surface area contributed by atoms with Gasteiger partial charge < -0.3 is 31.0 Å². The van der Waals surface area contributed by atoms with E-state index in [4.69, 9.17) is 30.0 Å². The van der Waals surface area contributed by atoms with Crippen LogP contribution < -0.4 is 11.5 Å². The molecule has 3 aromatic rings. The van der Waals surface area contributed by atoms with Crippen molar-refractivity contribution in [3.05, 3.63) is 42.5 Å². The van der Waals surface area contributed by atoms with E-state index in [1.54, 1.807) is 18.4 Å². The van der Waals surface area contributed by atoms with Gasteiger partial charge in [-0.2, -0.15) is 16.8 Å². The van der Waals surface area contributed by atoms with Gasteiger partial charge in [-0.1, -0.05) is 17.7 Å². The third-order valence-electron chi connectivity index (χ3n) is 6.22. The summed E-state index contributed by atoms with van der Waals surface area (Å²) in [5.41, 5.74) is 12.5. The lowest BCUT2D eigenvalue weighted by molar-refractivity contribution is -0.138. The molecular formula is C22H30N6O14S4. The lowest BCUT2D eigenvalue weighted by Crippen LogP contribution is -2.41. The molecule has 7 N–H and O–H groups in total. The lowest BCUT2D eigenvalue weighted by Gasteiger charge is -2.19. The van der Waals surface area contributed by atoms with Gasteiger partial charge in [0.25, 0.3) is 0 Å². The maximum Gasteiger partial charge on any atom is 0.416 e. The molecule has 46 heavy (non-hydrogen) atoms. The number of benzene rings is 1. The largest absolute Gasteiger partial charge is 0.744 e. The van der Waals surface area contributed by atoms with Crippen LogP contribution in [0.2, 0.25) is 0 Å². The number of hydrogen-bond donors (Lipinski definition) is 5. The number of nitrogen functional groups attached to an aromatic ring is 1. The first-order chi connectivity index (χ1) is 21.2. The maximum atomic E-state index is 12.0. The van der Waals surface area contributed by atoms with Gasteiger partial charge in [0.2, 0.25) is 0 Å². The van der Waals surface area contributed by atoms with Crippen LogP contribution in [0.25, 0.3) is 11.2 Å². The molecule has 3 heterocycles.